The minimum absolute atomic E-state index is 0.0564. The van der Waals surface area contributed by atoms with Crippen LogP contribution in [0.2, 0.25) is 0 Å². The maximum atomic E-state index is 13.3. The highest BCUT2D eigenvalue weighted by Gasteiger charge is 2.26. The molecule has 0 saturated carbocycles. The summed E-state index contributed by atoms with van der Waals surface area (Å²) >= 11 is 0. The molecule has 1 amide bonds. The molecule has 1 fully saturated rings. The van der Waals surface area contributed by atoms with Gasteiger partial charge in [0.15, 0.2) is 5.82 Å². The topological polar surface area (TPSA) is 74.3 Å². The summed E-state index contributed by atoms with van der Waals surface area (Å²) in [6, 6.07) is 17.4. The largest absolute Gasteiger partial charge is 0.379 e. The zero-order valence-electron chi connectivity index (χ0n) is 16.5. The van der Waals surface area contributed by atoms with Crippen molar-refractivity contribution in [3.8, 4) is 0 Å². The molecule has 2 heterocycles. The van der Waals surface area contributed by atoms with E-state index in [9.17, 15) is 4.79 Å². The summed E-state index contributed by atoms with van der Waals surface area (Å²) in [7, 11) is 1.80. The Morgan fingerprint density at radius 3 is 2.69 bits per heavy atom. The number of nitrogens with one attached hydrogen (secondary N) is 1. The number of benzene rings is 2. The first-order valence-corrected chi connectivity index (χ1v) is 9.79. The molecule has 0 aliphatic carbocycles. The molecule has 7 nitrogen and oxygen atoms in total. The van der Waals surface area contributed by atoms with Crippen LogP contribution in [0.15, 0.2) is 60.9 Å². The number of nitrogens with zero attached hydrogens (tertiary/aromatic N) is 4. The average molecular weight is 391 g/mol. The number of hydrogen-bond acceptors (Lipinski definition) is 5. The monoisotopic (exact) mass is 391 g/mol. The normalized spacial score (nSPS) is 15.8. The molecule has 0 bridgehead atoms. The predicted molar refractivity (Wildman–Crippen MR) is 109 cm³/mol. The fourth-order valence-corrected chi connectivity index (χ4v) is 3.69. The Labute approximate surface area is 170 Å². The van der Waals surface area contributed by atoms with Crippen molar-refractivity contribution in [2.24, 2.45) is 0 Å². The van der Waals surface area contributed by atoms with E-state index in [1.54, 1.807) is 11.9 Å². The van der Waals surface area contributed by atoms with E-state index in [4.69, 9.17) is 4.74 Å². The van der Waals surface area contributed by atoms with Crippen LogP contribution in [0.1, 0.15) is 33.4 Å². The molecule has 1 N–H and O–H groups in total. The minimum Gasteiger partial charge on any atom is -0.379 e. The van der Waals surface area contributed by atoms with Gasteiger partial charge in [0.05, 0.1) is 13.2 Å². The Bertz CT molecular complexity index is 923. The molecular formula is C22H25N5O2. The first kappa shape index (κ1) is 19.3. The lowest BCUT2D eigenvalue weighted by atomic mass is 10.0. The van der Waals surface area contributed by atoms with E-state index in [2.05, 4.69) is 26.1 Å². The second-order valence-electron chi connectivity index (χ2n) is 7.19. The van der Waals surface area contributed by atoms with Crippen molar-refractivity contribution in [2.45, 2.75) is 12.6 Å². The van der Waals surface area contributed by atoms with Gasteiger partial charge in [-0.25, -0.2) is 4.98 Å². The highest BCUT2D eigenvalue weighted by molar-refractivity contribution is 5.94. The van der Waals surface area contributed by atoms with Gasteiger partial charge in [-0.2, -0.15) is 5.10 Å². The number of ether oxygens (including phenoxy) is 1. The molecule has 1 aliphatic rings. The third-order valence-electron chi connectivity index (χ3n) is 5.20. The van der Waals surface area contributed by atoms with Crippen molar-refractivity contribution in [1.29, 1.82) is 0 Å². The number of hydrogen-bond donors (Lipinski definition) is 1. The number of carbonyl (C=O) groups is 1. The predicted octanol–water partition coefficient (Wildman–Crippen LogP) is 2.50. The van der Waals surface area contributed by atoms with Gasteiger partial charge in [0.2, 0.25) is 0 Å². The van der Waals surface area contributed by atoms with E-state index in [0.29, 0.717) is 11.4 Å². The lowest BCUT2D eigenvalue weighted by molar-refractivity contribution is 0.0341. The maximum Gasteiger partial charge on any atom is 0.254 e. The first-order chi connectivity index (χ1) is 14.2. The van der Waals surface area contributed by atoms with E-state index in [1.807, 2.05) is 48.5 Å². The lowest BCUT2D eigenvalue weighted by Crippen LogP contribution is -2.35. The van der Waals surface area contributed by atoms with E-state index in [1.165, 1.54) is 6.33 Å². The summed E-state index contributed by atoms with van der Waals surface area (Å²) in [5.74, 6) is 0.579. The molecule has 29 heavy (non-hydrogen) atoms. The number of H-pyrrole nitrogens is 1. The van der Waals surface area contributed by atoms with Gasteiger partial charge in [0, 0.05) is 32.2 Å². The second kappa shape index (κ2) is 8.98. The van der Waals surface area contributed by atoms with Gasteiger partial charge in [-0.05, 0) is 23.3 Å². The first-order valence-electron chi connectivity index (χ1n) is 9.79. The van der Waals surface area contributed by atoms with Gasteiger partial charge in [0.1, 0.15) is 12.4 Å². The van der Waals surface area contributed by atoms with Crippen LogP contribution >= 0.6 is 0 Å². The Balaban J connectivity index is 1.56. The van der Waals surface area contributed by atoms with Gasteiger partial charge in [-0.1, -0.05) is 42.5 Å². The van der Waals surface area contributed by atoms with E-state index in [-0.39, 0.29) is 11.9 Å². The molecule has 1 unspecified atom stereocenters. The third-order valence-corrected chi connectivity index (χ3v) is 5.20. The van der Waals surface area contributed by atoms with Gasteiger partial charge in [-0.3, -0.25) is 14.8 Å². The molecule has 7 heteroatoms. The van der Waals surface area contributed by atoms with Gasteiger partial charge in [-0.15, -0.1) is 0 Å². The highest BCUT2D eigenvalue weighted by Crippen LogP contribution is 2.26. The fourth-order valence-electron chi connectivity index (χ4n) is 3.69. The van der Waals surface area contributed by atoms with Crippen LogP contribution in [0.25, 0.3) is 0 Å². The third kappa shape index (κ3) is 4.52. The number of carbonyl (C=O) groups excluding carboxylic acids is 1. The van der Waals surface area contributed by atoms with Crippen LogP contribution in [0, 0.1) is 0 Å². The Morgan fingerprint density at radius 2 is 1.97 bits per heavy atom. The summed E-state index contributed by atoms with van der Waals surface area (Å²) in [4.78, 5) is 21.7. The smallest absolute Gasteiger partial charge is 0.254 e. The molecule has 2 aromatic carbocycles. The summed E-state index contributed by atoms with van der Waals surface area (Å²) in [5, 5.41) is 6.89. The van der Waals surface area contributed by atoms with Crippen LogP contribution in [0.4, 0.5) is 0 Å². The maximum absolute atomic E-state index is 13.3. The SMILES string of the molecule is CN(C(=O)c1cccc(CN2CCOCC2)c1)C(c1ccccc1)c1ncn[nH]1. The molecule has 1 aromatic heterocycles. The second-order valence-corrected chi connectivity index (χ2v) is 7.19. The molecule has 0 spiro atoms. The summed E-state index contributed by atoms with van der Waals surface area (Å²) < 4.78 is 5.42. The van der Waals surface area contributed by atoms with E-state index in [0.717, 1.165) is 44.0 Å². The minimum atomic E-state index is -0.339. The summed E-state index contributed by atoms with van der Waals surface area (Å²) in [5.41, 5.74) is 2.77. The Morgan fingerprint density at radius 1 is 1.17 bits per heavy atom. The molecule has 4 rings (SSSR count). The number of morpholine rings is 1. The average Bonchev–Trinajstić information content (AvgIpc) is 3.29. The highest BCUT2D eigenvalue weighted by atomic mass is 16.5. The summed E-state index contributed by atoms with van der Waals surface area (Å²) in [6.07, 6.45) is 1.46. The van der Waals surface area contributed by atoms with E-state index >= 15 is 0 Å². The fraction of sp³-hybridized carbons (Fsp3) is 0.318. The van der Waals surface area contributed by atoms with Crippen LogP contribution in [0.5, 0.6) is 0 Å². The Kier molecular flexibility index (Phi) is 5.97. The van der Waals surface area contributed by atoms with Crippen molar-refractivity contribution >= 4 is 5.91 Å². The summed E-state index contributed by atoms with van der Waals surface area (Å²) in [6.45, 7) is 4.17. The van der Waals surface area contributed by atoms with E-state index < -0.39 is 0 Å². The van der Waals surface area contributed by atoms with Crippen molar-refractivity contribution in [3.63, 3.8) is 0 Å². The number of aromatic amines is 1. The molecule has 1 saturated heterocycles. The molecule has 3 aromatic rings. The van der Waals surface area contributed by atoms with Gasteiger partial charge in [0.25, 0.3) is 5.91 Å². The van der Waals surface area contributed by atoms with Crippen LogP contribution in [-0.2, 0) is 11.3 Å². The van der Waals surface area contributed by atoms with Crippen LogP contribution < -0.4 is 0 Å². The Hall–Kier alpha value is -3.03. The van der Waals surface area contributed by atoms with Gasteiger partial charge >= 0.3 is 0 Å². The van der Waals surface area contributed by atoms with Crippen molar-refractivity contribution in [2.75, 3.05) is 33.4 Å². The van der Waals surface area contributed by atoms with Gasteiger partial charge < -0.3 is 9.64 Å². The van der Waals surface area contributed by atoms with Crippen molar-refractivity contribution in [3.05, 3.63) is 83.4 Å². The zero-order chi connectivity index (χ0) is 20.1. The standard InChI is InChI=1S/C22H25N5O2/c1-26(20(21-23-16-24-25-21)18-7-3-2-4-8-18)22(28)19-9-5-6-17(14-19)15-27-10-12-29-13-11-27/h2-9,14,16,20H,10-13,15H2,1H3,(H,23,24,25). The van der Waals surface area contributed by atoms with Crippen LogP contribution in [-0.4, -0.2) is 64.2 Å². The lowest BCUT2D eigenvalue weighted by Gasteiger charge is -2.28. The zero-order valence-corrected chi connectivity index (χ0v) is 16.5. The van der Waals surface area contributed by atoms with Crippen molar-refractivity contribution < 1.29 is 9.53 Å². The molecule has 0 radical (unpaired) electrons. The van der Waals surface area contributed by atoms with Crippen molar-refractivity contribution in [1.82, 2.24) is 25.0 Å². The van der Waals surface area contributed by atoms with Crippen LogP contribution in [0.3, 0.4) is 0 Å². The molecule has 1 atom stereocenters. The molecular weight excluding hydrogens is 366 g/mol. The quantitative estimate of drug-likeness (QED) is 0.699. The number of amides is 1. The molecule has 1 aliphatic heterocycles. The molecule has 150 valence electrons. The number of rotatable bonds is 6. The number of aromatic nitrogens is 3.